The lowest BCUT2D eigenvalue weighted by Gasteiger charge is -2.14. The normalized spacial score (nSPS) is 11.0. The molecule has 2 rings (SSSR count). The van der Waals surface area contributed by atoms with Crippen LogP contribution in [0.5, 0.6) is 5.75 Å². The summed E-state index contributed by atoms with van der Waals surface area (Å²) in [4.78, 5) is 14.1. The molecule has 0 amide bonds. The molecule has 0 aliphatic carbocycles. The van der Waals surface area contributed by atoms with Gasteiger partial charge in [-0.05, 0) is 19.1 Å². The first-order valence-electron chi connectivity index (χ1n) is 5.81. The standard InChI is InChI=1S/C14H9F3N2O2/c1-8-6-10(11(7-18)13(20)19-8)9-4-2-3-5-12(9)21-14(15,16)17/h2-6H,1H3,(H,19,20). The number of hydrogen-bond donors (Lipinski definition) is 1. The number of aromatic nitrogens is 1. The molecule has 0 spiro atoms. The number of hydrogen-bond acceptors (Lipinski definition) is 3. The average Bonchev–Trinajstić information content (AvgIpc) is 2.36. The third-order valence-corrected chi connectivity index (χ3v) is 2.68. The van der Waals surface area contributed by atoms with Crippen LogP contribution >= 0.6 is 0 Å². The van der Waals surface area contributed by atoms with Gasteiger partial charge in [0.25, 0.3) is 5.56 Å². The van der Waals surface area contributed by atoms with Crippen LogP contribution < -0.4 is 10.3 Å². The van der Waals surface area contributed by atoms with Gasteiger partial charge >= 0.3 is 6.36 Å². The van der Waals surface area contributed by atoms with Gasteiger partial charge in [0.1, 0.15) is 17.4 Å². The number of alkyl halides is 3. The maximum absolute atomic E-state index is 12.4. The second-order valence-corrected chi connectivity index (χ2v) is 4.23. The summed E-state index contributed by atoms with van der Waals surface area (Å²) in [6.45, 7) is 1.57. The molecule has 0 radical (unpaired) electrons. The Morgan fingerprint density at radius 3 is 2.52 bits per heavy atom. The molecule has 7 heteroatoms. The van der Waals surface area contributed by atoms with E-state index in [0.29, 0.717) is 5.69 Å². The molecule has 1 N–H and O–H groups in total. The monoisotopic (exact) mass is 294 g/mol. The second kappa shape index (κ2) is 5.32. The molecule has 0 fully saturated rings. The zero-order chi connectivity index (χ0) is 15.6. The van der Waals surface area contributed by atoms with Crippen molar-refractivity contribution in [3.63, 3.8) is 0 Å². The number of nitriles is 1. The molecule has 0 aliphatic rings. The van der Waals surface area contributed by atoms with Crippen LogP contribution in [-0.4, -0.2) is 11.3 Å². The van der Waals surface area contributed by atoms with E-state index in [4.69, 9.17) is 5.26 Å². The summed E-state index contributed by atoms with van der Waals surface area (Å²) in [7, 11) is 0. The first-order valence-corrected chi connectivity index (χ1v) is 5.81. The quantitative estimate of drug-likeness (QED) is 0.925. The van der Waals surface area contributed by atoms with Crippen LogP contribution in [0.2, 0.25) is 0 Å². The van der Waals surface area contributed by atoms with Gasteiger partial charge in [-0.3, -0.25) is 4.79 Å². The highest BCUT2D eigenvalue weighted by atomic mass is 19.4. The summed E-state index contributed by atoms with van der Waals surface area (Å²) in [5.74, 6) is -0.466. The Hall–Kier alpha value is -2.75. The zero-order valence-corrected chi connectivity index (χ0v) is 10.8. The molecule has 1 aromatic carbocycles. The third kappa shape index (κ3) is 3.23. The van der Waals surface area contributed by atoms with E-state index in [1.165, 1.54) is 24.3 Å². The molecule has 4 nitrogen and oxygen atoms in total. The lowest BCUT2D eigenvalue weighted by Crippen LogP contribution is -2.18. The number of nitrogens with zero attached hydrogens (tertiary/aromatic N) is 1. The van der Waals surface area contributed by atoms with E-state index in [2.05, 4.69) is 9.72 Å². The van der Waals surface area contributed by atoms with E-state index in [0.717, 1.165) is 6.07 Å². The molecule has 0 saturated carbocycles. The topological polar surface area (TPSA) is 65.9 Å². The van der Waals surface area contributed by atoms with Crippen molar-refractivity contribution >= 4 is 0 Å². The van der Waals surface area contributed by atoms with Crippen molar-refractivity contribution in [3.05, 3.63) is 51.9 Å². The second-order valence-electron chi connectivity index (χ2n) is 4.23. The zero-order valence-electron chi connectivity index (χ0n) is 10.8. The fourth-order valence-electron chi connectivity index (χ4n) is 1.91. The summed E-state index contributed by atoms with van der Waals surface area (Å²) in [6.07, 6.45) is -4.86. The van der Waals surface area contributed by atoms with Gasteiger partial charge in [-0.15, -0.1) is 13.2 Å². The number of aromatic amines is 1. The predicted molar refractivity (Wildman–Crippen MR) is 68.6 cm³/mol. The molecule has 21 heavy (non-hydrogen) atoms. The number of para-hydroxylation sites is 1. The Morgan fingerprint density at radius 2 is 1.90 bits per heavy atom. The van der Waals surface area contributed by atoms with Crippen molar-refractivity contribution in [2.24, 2.45) is 0 Å². The molecule has 0 unspecified atom stereocenters. The minimum absolute atomic E-state index is 0.0283. The van der Waals surface area contributed by atoms with E-state index in [9.17, 15) is 18.0 Å². The molecule has 0 atom stereocenters. The first kappa shape index (κ1) is 14.7. The summed E-state index contributed by atoms with van der Waals surface area (Å²) >= 11 is 0. The minimum atomic E-state index is -4.86. The molecule has 0 aliphatic heterocycles. The van der Waals surface area contributed by atoms with E-state index >= 15 is 0 Å². The van der Waals surface area contributed by atoms with Gasteiger partial charge in [0.2, 0.25) is 0 Å². The molecule has 1 heterocycles. The molecular weight excluding hydrogens is 285 g/mol. The first-order chi connectivity index (χ1) is 9.81. The highest BCUT2D eigenvalue weighted by Gasteiger charge is 2.32. The number of halogens is 3. The van der Waals surface area contributed by atoms with Gasteiger partial charge in [0.05, 0.1) is 0 Å². The largest absolute Gasteiger partial charge is 0.573 e. The van der Waals surface area contributed by atoms with Crippen molar-refractivity contribution in [1.82, 2.24) is 4.98 Å². The lowest BCUT2D eigenvalue weighted by atomic mass is 10.0. The number of aryl methyl sites for hydroxylation is 1. The number of ether oxygens (including phenoxy) is 1. The molecule has 0 bridgehead atoms. The maximum atomic E-state index is 12.4. The molecule has 108 valence electrons. The SMILES string of the molecule is Cc1cc(-c2ccccc2OC(F)(F)F)c(C#N)c(=O)[nH]1. The average molecular weight is 294 g/mol. The van der Waals surface area contributed by atoms with Gasteiger partial charge < -0.3 is 9.72 Å². The van der Waals surface area contributed by atoms with Crippen LogP contribution in [0, 0.1) is 18.3 Å². The van der Waals surface area contributed by atoms with Gasteiger partial charge in [-0.2, -0.15) is 5.26 Å². The summed E-state index contributed by atoms with van der Waals surface area (Å²) < 4.78 is 41.2. The van der Waals surface area contributed by atoms with E-state index < -0.39 is 17.7 Å². The van der Waals surface area contributed by atoms with Crippen LogP contribution in [-0.2, 0) is 0 Å². The van der Waals surface area contributed by atoms with Crippen molar-refractivity contribution < 1.29 is 17.9 Å². The summed E-state index contributed by atoms with van der Waals surface area (Å²) in [5, 5.41) is 9.04. The highest BCUT2D eigenvalue weighted by Crippen LogP contribution is 2.34. The van der Waals surface area contributed by atoms with E-state index in [1.807, 2.05) is 0 Å². The van der Waals surface area contributed by atoms with Gasteiger partial charge in [0.15, 0.2) is 0 Å². The molecular formula is C14H9F3N2O2. The van der Waals surface area contributed by atoms with E-state index in [-0.39, 0.29) is 16.7 Å². The van der Waals surface area contributed by atoms with Gasteiger partial charge in [0, 0.05) is 16.8 Å². The van der Waals surface area contributed by atoms with Crippen LogP contribution in [0.3, 0.4) is 0 Å². The summed E-state index contributed by atoms with van der Waals surface area (Å²) in [6, 6.07) is 8.48. The molecule has 2 aromatic rings. The highest BCUT2D eigenvalue weighted by molar-refractivity contribution is 5.75. The van der Waals surface area contributed by atoms with Gasteiger partial charge in [-0.1, -0.05) is 18.2 Å². The fourth-order valence-corrected chi connectivity index (χ4v) is 1.91. The number of nitrogens with one attached hydrogen (secondary N) is 1. The number of pyridine rings is 1. The Labute approximate surface area is 117 Å². The smallest absolute Gasteiger partial charge is 0.405 e. The van der Waals surface area contributed by atoms with Crippen LogP contribution in [0.25, 0.3) is 11.1 Å². The molecule has 0 saturated heterocycles. The fraction of sp³-hybridized carbons (Fsp3) is 0.143. The van der Waals surface area contributed by atoms with Crippen LogP contribution in [0.4, 0.5) is 13.2 Å². The lowest BCUT2D eigenvalue weighted by molar-refractivity contribution is -0.274. The van der Waals surface area contributed by atoms with Crippen molar-refractivity contribution in [1.29, 1.82) is 5.26 Å². The Balaban J connectivity index is 2.69. The number of benzene rings is 1. The van der Waals surface area contributed by atoms with E-state index in [1.54, 1.807) is 13.0 Å². The van der Waals surface area contributed by atoms with Crippen molar-refractivity contribution in [2.75, 3.05) is 0 Å². The Bertz CT molecular complexity index is 773. The molecule has 1 aromatic heterocycles. The number of rotatable bonds is 2. The number of H-pyrrole nitrogens is 1. The van der Waals surface area contributed by atoms with Crippen molar-refractivity contribution in [2.45, 2.75) is 13.3 Å². The predicted octanol–water partition coefficient (Wildman–Crippen LogP) is 3.12. The summed E-state index contributed by atoms with van der Waals surface area (Å²) in [5.41, 5.74) is -0.372. The van der Waals surface area contributed by atoms with Crippen LogP contribution in [0.15, 0.2) is 35.1 Å². The Kier molecular flexibility index (Phi) is 3.72. The van der Waals surface area contributed by atoms with Crippen LogP contribution in [0.1, 0.15) is 11.3 Å². The third-order valence-electron chi connectivity index (χ3n) is 2.68. The maximum Gasteiger partial charge on any atom is 0.573 e. The van der Waals surface area contributed by atoms with Gasteiger partial charge in [-0.25, -0.2) is 0 Å². The Morgan fingerprint density at radius 1 is 1.24 bits per heavy atom. The minimum Gasteiger partial charge on any atom is -0.405 e. The van der Waals surface area contributed by atoms with Crippen molar-refractivity contribution in [3.8, 4) is 22.9 Å².